The Hall–Kier alpha value is -4.41. The minimum atomic E-state index is -4.51. The van der Waals surface area contributed by atoms with Crippen LogP contribution in [0.2, 0.25) is 0 Å². The Morgan fingerprint density at radius 1 is 1.03 bits per heavy atom. The second-order valence-corrected chi connectivity index (χ2v) is 8.86. The first-order valence-corrected chi connectivity index (χ1v) is 11.4. The quantitative estimate of drug-likeness (QED) is 0.443. The van der Waals surface area contributed by atoms with Crippen LogP contribution in [0.5, 0.6) is 5.88 Å². The highest BCUT2D eigenvalue weighted by Crippen LogP contribution is 2.35. The third-order valence-corrected chi connectivity index (χ3v) is 6.30. The fourth-order valence-corrected chi connectivity index (χ4v) is 4.71. The Morgan fingerprint density at radius 2 is 1.76 bits per heavy atom. The predicted octanol–water partition coefficient (Wildman–Crippen LogP) is 4.26. The van der Waals surface area contributed by atoms with E-state index in [1.807, 2.05) is 32.0 Å². The molecule has 1 aliphatic heterocycles. The van der Waals surface area contributed by atoms with Crippen molar-refractivity contribution in [3.63, 3.8) is 0 Å². The van der Waals surface area contributed by atoms with Gasteiger partial charge < -0.3 is 19.9 Å². The molecule has 0 atom stereocenters. The molecule has 1 aliphatic rings. The van der Waals surface area contributed by atoms with Crippen molar-refractivity contribution < 1.29 is 22.7 Å². The van der Waals surface area contributed by atoms with Gasteiger partial charge in [-0.25, -0.2) is 9.97 Å². The number of benzene rings is 2. The van der Waals surface area contributed by atoms with Gasteiger partial charge in [-0.2, -0.15) is 13.2 Å². The monoisotopic (exact) mass is 509 g/mol. The van der Waals surface area contributed by atoms with Crippen molar-refractivity contribution in [1.82, 2.24) is 14.5 Å². The van der Waals surface area contributed by atoms with Crippen LogP contribution in [0.1, 0.15) is 21.5 Å². The van der Waals surface area contributed by atoms with Gasteiger partial charge in [-0.15, -0.1) is 0 Å². The van der Waals surface area contributed by atoms with Crippen LogP contribution in [0.25, 0.3) is 21.9 Å². The number of fused-ring (bicyclic) bond motifs is 2. The Morgan fingerprint density at radius 3 is 2.46 bits per heavy atom. The number of nitrogens with two attached hydrogens (primary N) is 1. The van der Waals surface area contributed by atoms with Gasteiger partial charge in [0.2, 0.25) is 5.88 Å². The van der Waals surface area contributed by atoms with Crippen LogP contribution < -0.4 is 20.9 Å². The number of carbonyl (C=O) groups excluding carboxylic acids is 1. The molecule has 0 bridgehead atoms. The summed E-state index contributed by atoms with van der Waals surface area (Å²) in [6.07, 6.45) is -2.12. The van der Waals surface area contributed by atoms with Crippen LogP contribution in [0.3, 0.4) is 0 Å². The third kappa shape index (κ3) is 4.48. The summed E-state index contributed by atoms with van der Waals surface area (Å²) in [6, 6.07) is 10.3. The summed E-state index contributed by atoms with van der Waals surface area (Å²) in [6.45, 7) is 2.86. The maximum absolute atomic E-state index is 13.3. The number of rotatable bonds is 3. The molecule has 0 unspecified atom stereocenters. The lowest BCUT2D eigenvalue weighted by molar-refractivity contribution is -0.141. The first-order valence-electron chi connectivity index (χ1n) is 11.4. The Bertz CT molecular complexity index is 1590. The van der Waals surface area contributed by atoms with E-state index in [4.69, 9.17) is 10.5 Å². The molecule has 37 heavy (non-hydrogen) atoms. The maximum Gasteiger partial charge on any atom is 0.406 e. The Balaban J connectivity index is 1.56. The van der Waals surface area contributed by atoms with Gasteiger partial charge in [0.05, 0.1) is 6.54 Å². The van der Waals surface area contributed by atoms with E-state index in [0.29, 0.717) is 21.2 Å². The molecule has 0 saturated carbocycles. The van der Waals surface area contributed by atoms with Gasteiger partial charge in [0.1, 0.15) is 30.9 Å². The number of anilines is 2. The molecular weight excluding hydrogens is 487 g/mol. The van der Waals surface area contributed by atoms with E-state index in [2.05, 4.69) is 9.97 Å². The van der Waals surface area contributed by atoms with Crippen molar-refractivity contribution >= 4 is 28.2 Å². The van der Waals surface area contributed by atoms with E-state index < -0.39 is 18.3 Å². The number of alkyl halides is 3. The summed E-state index contributed by atoms with van der Waals surface area (Å²) in [5, 5.41) is 0.742. The number of nitrogen functional groups attached to an aromatic ring is 1. The highest BCUT2D eigenvalue weighted by molar-refractivity contribution is 6.10. The zero-order valence-corrected chi connectivity index (χ0v) is 20.0. The lowest BCUT2D eigenvalue weighted by Gasteiger charge is -2.23. The first kappa shape index (κ1) is 24.3. The molecule has 2 aromatic heterocycles. The molecule has 1 amide bonds. The molecular formula is C26H22F3N5O3. The highest BCUT2D eigenvalue weighted by Gasteiger charge is 2.30. The minimum absolute atomic E-state index is 0.0271. The van der Waals surface area contributed by atoms with E-state index in [0.717, 1.165) is 22.9 Å². The fraction of sp³-hybridized carbons (Fsp3) is 0.231. The van der Waals surface area contributed by atoms with Crippen molar-refractivity contribution in [2.45, 2.75) is 26.6 Å². The number of hydrogen-bond donors (Lipinski definition) is 1. The van der Waals surface area contributed by atoms with Crippen LogP contribution in [0.4, 0.5) is 24.7 Å². The number of pyridine rings is 1. The van der Waals surface area contributed by atoms with Crippen LogP contribution in [0, 0.1) is 13.8 Å². The summed E-state index contributed by atoms with van der Waals surface area (Å²) in [5.41, 5.74) is 9.08. The maximum atomic E-state index is 13.3. The van der Waals surface area contributed by atoms with Crippen LogP contribution in [0.15, 0.2) is 53.7 Å². The average molecular weight is 509 g/mol. The molecule has 5 rings (SSSR count). The van der Waals surface area contributed by atoms with Crippen LogP contribution >= 0.6 is 0 Å². The van der Waals surface area contributed by atoms with E-state index in [1.54, 1.807) is 17.0 Å². The molecule has 2 aromatic carbocycles. The molecule has 11 heteroatoms. The zero-order valence-electron chi connectivity index (χ0n) is 20.0. The number of amides is 1. The SMILES string of the molecule is Cc1cc(N2CCOc3ncnc(N)c3C2=O)cc(C)c1-c1ccc2ccn(CC(F)(F)F)c(=O)c2c1. The van der Waals surface area contributed by atoms with Crippen molar-refractivity contribution in [2.75, 3.05) is 23.8 Å². The van der Waals surface area contributed by atoms with Gasteiger partial charge in [-0.05, 0) is 65.8 Å². The molecule has 0 fully saturated rings. The van der Waals surface area contributed by atoms with Gasteiger partial charge in [0, 0.05) is 17.3 Å². The topological polar surface area (TPSA) is 103 Å². The number of hydrogen-bond acceptors (Lipinski definition) is 6. The average Bonchev–Trinajstić information content (AvgIpc) is 2.99. The minimum Gasteiger partial charge on any atom is -0.475 e. The molecule has 0 saturated heterocycles. The molecule has 8 nitrogen and oxygen atoms in total. The van der Waals surface area contributed by atoms with E-state index in [9.17, 15) is 22.8 Å². The molecule has 0 aliphatic carbocycles. The van der Waals surface area contributed by atoms with E-state index >= 15 is 0 Å². The second-order valence-electron chi connectivity index (χ2n) is 8.86. The second kappa shape index (κ2) is 8.91. The highest BCUT2D eigenvalue weighted by atomic mass is 19.4. The molecule has 190 valence electrons. The zero-order chi connectivity index (χ0) is 26.5. The summed E-state index contributed by atoms with van der Waals surface area (Å²) in [7, 11) is 0. The summed E-state index contributed by atoms with van der Waals surface area (Å²) in [5.74, 6) is -0.218. The normalized spacial score (nSPS) is 13.9. The van der Waals surface area contributed by atoms with Gasteiger partial charge in [0.15, 0.2) is 0 Å². The number of nitrogens with zero attached hydrogens (tertiary/aromatic N) is 4. The standard InChI is InChI=1S/C26H22F3N5O3/c1-14-9-18(34-7-8-37-23-21(25(34)36)22(30)31-13-32-23)10-15(2)20(14)17-4-3-16-5-6-33(12-26(27,28)29)24(35)19(16)11-17/h3-6,9-11,13H,7-8,12H2,1-2H3,(H2,30,31,32). The largest absolute Gasteiger partial charge is 0.475 e. The Labute approximate surface area is 209 Å². The Kier molecular flexibility index (Phi) is 5.85. The number of ether oxygens (including phenoxy) is 1. The van der Waals surface area contributed by atoms with Crippen LogP contribution in [-0.4, -0.2) is 39.8 Å². The molecule has 4 aromatic rings. The number of halogens is 3. The van der Waals surface area contributed by atoms with E-state index in [1.165, 1.54) is 12.4 Å². The smallest absolute Gasteiger partial charge is 0.406 e. The van der Waals surface area contributed by atoms with Gasteiger partial charge in [-0.1, -0.05) is 12.1 Å². The summed E-state index contributed by atoms with van der Waals surface area (Å²) >= 11 is 0. The van der Waals surface area contributed by atoms with E-state index in [-0.39, 0.29) is 41.7 Å². The molecule has 0 spiro atoms. The summed E-state index contributed by atoms with van der Waals surface area (Å²) < 4.78 is 45.0. The number of aromatic nitrogens is 3. The predicted molar refractivity (Wildman–Crippen MR) is 133 cm³/mol. The lowest BCUT2D eigenvalue weighted by atomic mass is 9.93. The van der Waals surface area contributed by atoms with Gasteiger partial charge in [-0.3, -0.25) is 9.59 Å². The van der Waals surface area contributed by atoms with Crippen molar-refractivity contribution in [3.8, 4) is 17.0 Å². The van der Waals surface area contributed by atoms with Crippen molar-refractivity contribution in [3.05, 3.63) is 76.0 Å². The lowest BCUT2D eigenvalue weighted by Crippen LogP contribution is -2.33. The number of carbonyl (C=O) groups is 1. The summed E-state index contributed by atoms with van der Waals surface area (Å²) in [4.78, 5) is 35.6. The molecule has 2 N–H and O–H groups in total. The molecule has 3 heterocycles. The number of aryl methyl sites for hydroxylation is 2. The van der Waals surface area contributed by atoms with Crippen LogP contribution in [-0.2, 0) is 6.54 Å². The molecule has 0 radical (unpaired) electrons. The van der Waals surface area contributed by atoms with Crippen molar-refractivity contribution in [2.24, 2.45) is 0 Å². The fourth-order valence-electron chi connectivity index (χ4n) is 4.71. The third-order valence-electron chi connectivity index (χ3n) is 6.30. The van der Waals surface area contributed by atoms with Gasteiger partial charge >= 0.3 is 6.18 Å². The van der Waals surface area contributed by atoms with Gasteiger partial charge in [0.25, 0.3) is 11.5 Å². The first-order chi connectivity index (χ1) is 17.5. The van der Waals surface area contributed by atoms with Crippen molar-refractivity contribution in [1.29, 1.82) is 0 Å².